The fraction of sp³-hybridized carbons (Fsp3) is 0.545. The number of aryl methyl sites for hydroxylation is 2. The fourth-order valence-electron chi connectivity index (χ4n) is 2.02. The Bertz CT molecular complexity index is 349. The molecule has 0 bridgehead atoms. The van der Waals surface area contributed by atoms with Crippen LogP contribution in [0.1, 0.15) is 34.1 Å². The lowest BCUT2D eigenvalue weighted by Crippen LogP contribution is -2.20. The van der Waals surface area contributed by atoms with E-state index in [0.29, 0.717) is 0 Å². The minimum atomic E-state index is -0.809. The molecule has 1 heterocycles. The summed E-state index contributed by atoms with van der Waals surface area (Å²) in [6.07, 6.45) is 4.66. The van der Waals surface area contributed by atoms with Gasteiger partial charge in [0.25, 0.3) is 0 Å². The highest BCUT2D eigenvalue weighted by atomic mass is 32.1. The molecule has 1 aromatic heterocycles. The normalized spacial score (nSPS) is 17.1. The van der Waals surface area contributed by atoms with Crippen molar-refractivity contribution in [2.75, 3.05) is 6.54 Å². The van der Waals surface area contributed by atoms with Gasteiger partial charge in [0.05, 0.1) is 0 Å². The molecule has 0 fully saturated rings. The van der Waals surface area contributed by atoms with Crippen LogP contribution in [0.5, 0.6) is 0 Å². The molecule has 0 saturated heterocycles. The first-order chi connectivity index (χ1) is 7.22. The Hall–Kier alpha value is -0.870. The predicted molar refractivity (Wildman–Crippen MR) is 60.4 cm³/mol. The first-order valence-electron chi connectivity index (χ1n) is 5.26. The van der Waals surface area contributed by atoms with Gasteiger partial charge in [-0.05, 0) is 37.3 Å². The van der Waals surface area contributed by atoms with Crippen molar-refractivity contribution in [1.82, 2.24) is 0 Å². The quantitative estimate of drug-likeness (QED) is 0.823. The molecule has 0 saturated carbocycles. The Labute approximate surface area is 92.9 Å². The lowest BCUT2D eigenvalue weighted by molar-refractivity contribution is -0.138. The van der Waals surface area contributed by atoms with E-state index in [9.17, 15) is 4.79 Å². The third-order valence-corrected chi connectivity index (χ3v) is 4.24. The highest BCUT2D eigenvalue weighted by Gasteiger charge is 2.23. The summed E-state index contributed by atoms with van der Waals surface area (Å²) in [5.41, 5.74) is 6.84. The van der Waals surface area contributed by atoms with E-state index in [4.69, 9.17) is 10.8 Å². The molecule has 4 heteroatoms. The van der Waals surface area contributed by atoms with Gasteiger partial charge in [-0.15, -0.1) is 11.3 Å². The zero-order valence-electron chi connectivity index (χ0n) is 8.53. The largest absolute Gasteiger partial charge is 0.481 e. The van der Waals surface area contributed by atoms with Crippen LogP contribution < -0.4 is 5.73 Å². The summed E-state index contributed by atoms with van der Waals surface area (Å²) in [5, 5.41) is 9.01. The SMILES string of the molecule is NCC(C(=O)O)c1cc2c(s1)CCCC2. The summed E-state index contributed by atoms with van der Waals surface area (Å²) in [7, 11) is 0. The Morgan fingerprint density at radius 3 is 2.87 bits per heavy atom. The van der Waals surface area contributed by atoms with Gasteiger partial charge in [0, 0.05) is 16.3 Å². The minimum Gasteiger partial charge on any atom is -0.481 e. The van der Waals surface area contributed by atoms with Crippen LogP contribution in [0.15, 0.2) is 6.07 Å². The molecule has 0 aromatic carbocycles. The summed E-state index contributed by atoms with van der Waals surface area (Å²) >= 11 is 1.64. The Kier molecular flexibility index (Phi) is 3.07. The van der Waals surface area contributed by atoms with Crippen LogP contribution in [-0.4, -0.2) is 17.6 Å². The Morgan fingerprint density at radius 2 is 2.27 bits per heavy atom. The van der Waals surface area contributed by atoms with Crippen LogP contribution >= 0.6 is 11.3 Å². The van der Waals surface area contributed by atoms with Crippen LogP contribution in [0.25, 0.3) is 0 Å². The van der Waals surface area contributed by atoms with Gasteiger partial charge in [0.2, 0.25) is 0 Å². The van der Waals surface area contributed by atoms with Crippen molar-refractivity contribution in [1.29, 1.82) is 0 Å². The second kappa shape index (κ2) is 4.33. The van der Waals surface area contributed by atoms with Crippen molar-refractivity contribution in [2.24, 2.45) is 5.73 Å². The first kappa shape index (κ1) is 10.6. The third-order valence-electron chi connectivity index (χ3n) is 2.89. The van der Waals surface area contributed by atoms with Crippen LogP contribution in [0.4, 0.5) is 0 Å². The number of carboxylic acids is 1. The minimum absolute atomic E-state index is 0.189. The van der Waals surface area contributed by atoms with Gasteiger partial charge in [-0.3, -0.25) is 4.79 Å². The molecule has 1 aliphatic carbocycles. The highest BCUT2D eigenvalue weighted by molar-refractivity contribution is 7.12. The molecule has 15 heavy (non-hydrogen) atoms. The smallest absolute Gasteiger partial charge is 0.313 e. The molecule has 0 radical (unpaired) electrons. The molecule has 0 spiro atoms. The molecular formula is C11H15NO2S. The molecular weight excluding hydrogens is 210 g/mol. The summed E-state index contributed by atoms with van der Waals surface area (Å²) in [6, 6.07) is 2.05. The fourth-order valence-corrected chi connectivity index (χ4v) is 3.39. The standard InChI is InChI=1S/C11H15NO2S/c12-6-8(11(13)14)10-5-7-3-1-2-4-9(7)15-10/h5,8H,1-4,6,12H2,(H,13,14). The van der Waals surface area contributed by atoms with Crippen LogP contribution in [0.2, 0.25) is 0 Å². The van der Waals surface area contributed by atoms with Crippen LogP contribution in [0, 0.1) is 0 Å². The van der Waals surface area contributed by atoms with E-state index in [1.54, 1.807) is 11.3 Å². The number of thiophene rings is 1. The number of rotatable bonds is 3. The number of carbonyl (C=O) groups is 1. The summed E-state index contributed by atoms with van der Waals surface area (Å²) in [4.78, 5) is 13.3. The second-order valence-corrected chi connectivity index (χ2v) is 5.10. The summed E-state index contributed by atoms with van der Waals surface area (Å²) < 4.78 is 0. The zero-order valence-corrected chi connectivity index (χ0v) is 9.35. The van der Waals surface area contributed by atoms with Crippen LogP contribution in [-0.2, 0) is 17.6 Å². The molecule has 2 rings (SSSR count). The van der Waals surface area contributed by atoms with Gasteiger partial charge in [-0.1, -0.05) is 0 Å². The zero-order chi connectivity index (χ0) is 10.8. The van der Waals surface area contributed by atoms with E-state index in [2.05, 4.69) is 0 Å². The molecule has 3 N–H and O–H groups in total. The van der Waals surface area contributed by atoms with Crippen molar-refractivity contribution in [3.8, 4) is 0 Å². The number of carboxylic acid groups (broad SMARTS) is 1. The maximum Gasteiger partial charge on any atom is 0.313 e. The monoisotopic (exact) mass is 225 g/mol. The van der Waals surface area contributed by atoms with Crippen molar-refractivity contribution in [2.45, 2.75) is 31.6 Å². The van der Waals surface area contributed by atoms with Gasteiger partial charge >= 0.3 is 5.97 Å². The van der Waals surface area contributed by atoms with E-state index < -0.39 is 11.9 Å². The molecule has 1 unspecified atom stereocenters. The number of hydrogen-bond donors (Lipinski definition) is 2. The van der Waals surface area contributed by atoms with Crippen LogP contribution in [0.3, 0.4) is 0 Å². The van der Waals surface area contributed by atoms with Crippen molar-refractivity contribution >= 4 is 17.3 Å². The molecule has 1 aliphatic rings. The van der Waals surface area contributed by atoms with Crippen molar-refractivity contribution in [3.63, 3.8) is 0 Å². The summed E-state index contributed by atoms with van der Waals surface area (Å²) in [6.45, 7) is 0.189. The molecule has 1 atom stereocenters. The number of hydrogen-bond acceptors (Lipinski definition) is 3. The maximum absolute atomic E-state index is 11.0. The number of fused-ring (bicyclic) bond motifs is 1. The van der Waals surface area contributed by atoms with E-state index in [1.165, 1.54) is 23.3 Å². The van der Waals surface area contributed by atoms with Crippen molar-refractivity contribution in [3.05, 3.63) is 21.4 Å². The molecule has 82 valence electrons. The van der Waals surface area contributed by atoms with E-state index in [1.807, 2.05) is 6.07 Å². The molecule has 0 amide bonds. The van der Waals surface area contributed by atoms with Gasteiger partial charge in [0.15, 0.2) is 0 Å². The van der Waals surface area contributed by atoms with Gasteiger partial charge < -0.3 is 10.8 Å². The molecule has 3 nitrogen and oxygen atoms in total. The van der Waals surface area contributed by atoms with E-state index in [-0.39, 0.29) is 6.54 Å². The summed E-state index contributed by atoms with van der Waals surface area (Å²) in [5.74, 6) is -1.32. The second-order valence-electron chi connectivity index (χ2n) is 3.93. The van der Waals surface area contributed by atoms with Gasteiger partial charge in [-0.2, -0.15) is 0 Å². The third kappa shape index (κ3) is 2.06. The lowest BCUT2D eigenvalue weighted by Gasteiger charge is -2.08. The van der Waals surface area contributed by atoms with Crippen molar-refractivity contribution < 1.29 is 9.90 Å². The van der Waals surface area contributed by atoms with Gasteiger partial charge in [0.1, 0.15) is 5.92 Å². The van der Waals surface area contributed by atoms with Gasteiger partial charge in [-0.25, -0.2) is 0 Å². The number of aliphatic carboxylic acids is 1. The maximum atomic E-state index is 11.0. The Morgan fingerprint density at radius 1 is 1.53 bits per heavy atom. The van der Waals surface area contributed by atoms with E-state index >= 15 is 0 Å². The average molecular weight is 225 g/mol. The van der Waals surface area contributed by atoms with E-state index in [0.717, 1.165) is 17.7 Å². The number of nitrogens with two attached hydrogens (primary N) is 1. The molecule has 1 aromatic rings. The Balaban J connectivity index is 2.28. The first-order valence-corrected chi connectivity index (χ1v) is 6.08. The average Bonchev–Trinajstić information content (AvgIpc) is 2.61. The molecule has 0 aliphatic heterocycles. The predicted octanol–water partition coefficient (Wildman–Crippen LogP) is 1.75. The lowest BCUT2D eigenvalue weighted by atomic mass is 9.98. The topological polar surface area (TPSA) is 63.3 Å². The highest BCUT2D eigenvalue weighted by Crippen LogP contribution is 2.33.